The molecule has 0 unspecified atom stereocenters. The SMILES string of the molecule is Cc1ccc(C(=O)NC(=S)Nc2ccc(Nc3ccccc3)cc2)cc1Br. The summed E-state index contributed by atoms with van der Waals surface area (Å²) < 4.78 is 0.885. The molecule has 3 aromatic rings. The Balaban J connectivity index is 1.57. The van der Waals surface area contributed by atoms with E-state index in [1.54, 1.807) is 12.1 Å². The number of aryl methyl sites for hydroxylation is 1. The molecule has 27 heavy (non-hydrogen) atoms. The van der Waals surface area contributed by atoms with E-state index in [-0.39, 0.29) is 11.0 Å². The van der Waals surface area contributed by atoms with Gasteiger partial charge in [0, 0.05) is 27.1 Å². The Bertz CT molecular complexity index is 959. The third-order valence-electron chi connectivity index (χ3n) is 3.87. The fraction of sp³-hybridized carbons (Fsp3) is 0.0476. The molecule has 3 rings (SSSR count). The van der Waals surface area contributed by atoms with Gasteiger partial charge in [0.1, 0.15) is 0 Å². The molecular formula is C21H18BrN3OS. The number of benzene rings is 3. The normalized spacial score (nSPS) is 10.1. The monoisotopic (exact) mass is 439 g/mol. The molecule has 136 valence electrons. The lowest BCUT2D eigenvalue weighted by atomic mass is 10.1. The number of nitrogens with one attached hydrogen (secondary N) is 3. The Morgan fingerprint density at radius 3 is 2.19 bits per heavy atom. The molecule has 0 bridgehead atoms. The molecule has 3 aromatic carbocycles. The van der Waals surface area contributed by atoms with Crippen molar-refractivity contribution in [1.29, 1.82) is 0 Å². The topological polar surface area (TPSA) is 53.2 Å². The molecule has 0 aliphatic rings. The van der Waals surface area contributed by atoms with Crippen molar-refractivity contribution in [2.45, 2.75) is 6.92 Å². The molecule has 0 saturated carbocycles. The van der Waals surface area contributed by atoms with Crippen molar-refractivity contribution in [3.8, 4) is 0 Å². The number of halogens is 1. The van der Waals surface area contributed by atoms with Crippen LogP contribution in [0.1, 0.15) is 15.9 Å². The second-order valence-electron chi connectivity index (χ2n) is 5.94. The molecule has 0 aliphatic carbocycles. The Morgan fingerprint density at radius 2 is 1.52 bits per heavy atom. The first-order valence-corrected chi connectivity index (χ1v) is 9.52. The van der Waals surface area contributed by atoms with Crippen LogP contribution >= 0.6 is 28.1 Å². The number of hydrogen-bond donors (Lipinski definition) is 3. The van der Waals surface area contributed by atoms with Crippen LogP contribution in [0, 0.1) is 6.92 Å². The zero-order valence-corrected chi connectivity index (χ0v) is 17.0. The van der Waals surface area contributed by atoms with Crippen molar-refractivity contribution in [3.05, 3.63) is 88.4 Å². The molecule has 0 radical (unpaired) electrons. The molecule has 0 heterocycles. The van der Waals surface area contributed by atoms with Crippen LogP contribution in [0.25, 0.3) is 0 Å². The zero-order chi connectivity index (χ0) is 19.2. The molecule has 1 amide bonds. The number of thiocarbonyl (C=S) groups is 1. The Morgan fingerprint density at radius 1 is 0.889 bits per heavy atom. The van der Waals surface area contributed by atoms with Crippen molar-refractivity contribution < 1.29 is 4.79 Å². The summed E-state index contributed by atoms with van der Waals surface area (Å²) in [5.41, 5.74) is 4.39. The van der Waals surface area contributed by atoms with Gasteiger partial charge in [-0.15, -0.1) is 0 Å². The zero-order valence-electron chi connectivity index (χ0n) is 14.6. The summed E-state index contributed by atoms with van der Waals surface area (Å²) in [5, 5.41) is 9.27. The molecule has 0 spiro atoms. The number of carbonyl (C=O) groups excluding carboxylic acids is 1. The van der Waals surface area contributed by atoms with E-state index in [0.717, 1.165) is 27.1 Å². The van der Waals surface area contributed by atoms with Gasteiger partial charge in [0.15, 0.2) is 5.11 Å². The standard InChI is InChI=1S/C21H18BrN3OS/c1-14-7-8-15(13-19(14)22)20(26)25-21(27)24-18-11-9-17(10-12-18)23-16-5-3-2-4-6-16/h2-13,23H,1H3,(H2,24,25,26,27). The summed E-state index contributed by atoms with van der Waals surface area (Å²) in [5.74, 6) is -0.254. The van der Waals surface area contributed by atoms with E-state index in [0.29, 0.717) is 5.56 Å². The predicted octanol–water partition coefficient (Wildman–Crippen LogP) is 5.63. The van der Waals surface area contributed by atoms with E-state index >= 15 is 0 Å². The maximum absolute atomic E-state index is 12.3. The number of carbonyl (C=O) groups is 1. The van der Waals surface area contributed by atoms with Crippen molar-refractivity contribution in [2.24, 2.45) is 0 Å². The van der Waals surface area contributed by atoms with Gasteiger partial charge in [-0.3, -0.25) is 10.1 Å². The number of para-hydroxylation sites is 1. The molecule has 4 nitrogen and oxygen atoms in total. The molecule has 6 heteroatoms. The number of amides is 1. The fourth-order valence-corrected chi connectivity index (χ4v) is 2.99. The highest BCUT2D eigenvalue weighted by Crippen LogP contribution is 2.19. The van der Waals surface area contributed by atoms with E-state index in [4.69, 9.17) is 12.2 Å². The van der Waals surface area contributed by atoms with E-state index in [1.165, 1.54) is 0 Å². The largest absolute Gasteiger partial charge is 0.356 e. The minimum absolute atomic E-state index is 0.250. The van der Waals surface area contributed by atoms with Gasteiger partial charge in [-0.1, -0.05) is 40.2 Å². The van der Waals surface area contributed by atoms with E-state index < -0.39 is 0 Å². The third-order valence-corrected chi connectivity index (χ3v) is 4.92. The minimum Gasteiger partial charge on any atom is -0.356 e. The first-order valence-electron chi connectivity index (χ1n) is 8.32. The quantitative estimate of drug-likeness (QED) is 0.461. The lowest BCUT2D eigenvalue weighted by Gasteiger charge is -2.11. The third kappa shape index (κ3) is 5.39. The van der Waals surface area contributed by atoms with Gasteiger partial charge in [0.25, 0.3) is 5.91 Å². The highest BCUT2D eigenvalue weighted by atomic mass is 79.9. The molecule has 0 saturated heterocycles. The van der Waals surface area contributed by atoms with E-state index in [1.807, 2.05) is 67.6 Å². The van der Waals surface area contributed by atoms with E-state index in [2.05, 4.69) is 31.9 Å². The summed E-state index contributed by atoms with van der Waals surface area (Å²) in [6, 6.07) is 23.0. The molecular weight excluding hydrogens is 422 g/mol. The highest BCUT2D eigenvalue weighted by molar-refractivity contribution is 9.10. The van der Waals surface area contributed by atoms with Gasteiger partial charge in [-0.2, -0.15) is 0 Å². The summed E-state index contributed by atoms with van der Waals surface area (Å²) in [7, 11) is 0. The van der Waals surface area contributed by atoms with Crippen molar-refractivity contribution in [2.75, 3.05) is 10.6 Å². The summed E-state index contributed by atoms with van der Waals surface area (Å²) in [6.45, 7) is 1.97. The lowest BCUT2D eigenvalue weighted by molar-refractivity contribution is 0.0977. The van der Waals surface area contributed by atoms with Crippen LogP contribution in [0.2, 0.25) is 0 Å². The van der Waals surface area contributed by atoms with Crippen LogP contribution in [-0.4, -0.2) is 11.0 Å². The average molecular weight is 440 g/mol. The van der Waals surface area contributed by atoms with Crippen LogP contribution in [0.15, 0.2) is 77.3 Å². The predicted molar refractivity (Wildman–Crippen MR) is 119 cm³/mol. The van der Waals surface area contributed by atoms with Crippen molar-refractivity contribution in [1.82, 2.24) is 5.32 Å². The van der Waals surface area contributed by atoms with Gasteiger partial charge in [0.2, 0.25) is 0 Å². The first kappa shape index (κ1) is 19.1. The van der Waals surface area contributed by atoms with Gasteiger partial charge in [-0.25, -0.2) is 0 Å². The second kappa shape index (κ2) is 8.79. The smallest absolute Gasteiger partial charge is 0.257 e. The van der Waals surface area contributed by atoms with Crippen molar-refractivity contribution in [3.63, 3.8) is 0 Å². The molecule has 0 fully saturated rings. The molecule has 0 aromatic heterocycles. The van der Waals surface area contributed by atoms with Crippen LogP contribution in [0.3, 0.4) is 0 Å². The second-order valence-corrected chi connectivity index (χ2v) is 7.20. The van der Waals surface area contributed by atoms with Crippen LogP contribution in [0.5, 0.6) is 0 Å². The van der Waals surface area contributed by atoms with Gasteiger partial charge < -0.3 is 10.6 Å². The van der Waals surface area contributed by atoms with Gasteiger partial charge in [-0.05, 0) is 73.2 Å². The average Bonchev–Trinajstić information content (AvgIpc) is 2.66. The molecule has 0 atom stereocenters. The lowest BCUT2D eigenvalue weighted by Crippen LogP contribution is -2.34. The van der Waals surface area contributed by atoms with Crippen LogP contribution in [-0.2, 0) is 0 Å². The van der Waals surface area contributed by atoms with Crippen LogP contribution < -0.4 is 16.0 Å². The summed E-state index contributed by atoms with van der Waals surface area (Å²) in [4.78, 5) is 12.3. The number of rotatable bonds is 4. The van der Waals surface area contributed by atoms with Crippen molar-refractivity contribution >= 4 is 56.2 Å². The maximum atomic E-state index is 12.3. The van der Waals surface area contributed by atoms with E-state index in [9.17, 15) is 4.79 Å². The Labute approximate surface area is 172 Å². The van der Waals surface area contributed by atoms with Gasteiger partial charge in [0.05, 0.1) is 0 Å². The Hall–Kier alpha value is -2.70. The minimum atomic E-state index is -0.254. The first-order chi connectivity index (χ1) is 13.0. The molecule has 3 N–H and O–H groups in total. The maximum Gasteiger partial charge on any atom is 0.257 e. The summed E-state index contributed by atoms with van der Waals surface area (Å²) >= 11 is 8.67. The summed E-state index contributed by atoms with van der Waals surface area (Å²) in [6.07, 6.45) is 0. The van der Waals surface area contributed by atoms with Crippen LogP contribution in [0.4, 0.5) is 17.1 Å². The van der Waals surface area contributed by atoms with Gasteiger partial charge >= 0.3 is 0 Å². The highest BCUT2D eigenvalue weighted by Gasteiger charge is 2.09. The number of anilines is 3. The molecule has 0 aliphatic heterocycles. The Kier molecular flexibility index (Phi) is 6.21. The fourth-order valence-electron chi connectivity index (χ4n) is 2.40. The number of hydrogen-bond acceptors (Lipinski definition) is 3.